The van der Waals surface area contributed by atoms with Crippen LogP contribution >= 0.6 is 27.5 Å². The summed E-state index contributed by atoms with van der Waals surface area (Å²) >= 11 is 9.26. The standard InChI is InChI=1S/C16H13BrClFN2O2/c1-21(2)16(23)9-3-6-13(18)14(7-9)20-15(22)11-8-10(19)4-5-12(11)17/h3-8H,1-2H3,(H,20,22). The van der Waals surface area contributed by atoms with Crippen molar-refractivity contribution >= 4 is 45.0 Å². The molecule has 0 spiro atoms. The van der Waals surface area contributed by atoms with Crippen LogP contribution in [0.3, 0.4) is 0 Å². The number of hydrogen-bond donors (Lipinski definition) is 1. The topological polar surface area (TPSA) is 49.4 Å². The molecule has 4 nitrogen and oxygen atoms in total. The molecule has 0 fully saturated rings. The fourth-order valence-electron chi connectivity index (χ4n) is 1.87. The Bertz CT molecular complexity index is 781. The Morgan fingerprint density at radius 3 is 2.52 bits per heavy atom. The third-order valence-electron chi connectivity index (χ3n) is 3.04. The Balaban J connectivity index is 2.32. The Morgan fingerprint density at radius 1 is 1.17 bits per heavy atom. The SMILES string of the molecule is CN(C)C(=O)c1ccc(Cl)c(NC(=O)c2cc(F)ccc2Br)c1. The van der Waals surface area contributed by atoms with Crippen LogP contribution in [0.15, 0.2) is 40.9 Å². The van der Waals surface area contributed by atoms with Gasteiger partial charge in [0.15, 0.2) is 0 Å². The van der Waals surface area contributed by atoms with Crippen molar-refractivity contribution in [2.45, 2.75) is 0 Å². The average Bonchev–Trinajstić information content (AvgIpc) is 2.50. The Kier molecular flexibility index (Phi) is 5.38. The monoisotopic (exact) mass is 398 g/mol. The van der Waals surface area contributed by atoms with Crippen molar-refractivity contribution in [2.24, 2.45) is 0 Å². The maximum Gasteiger partial charge on any atom is 0.256 e. The minimum absolute atomic E-state index is 0.130. The normalized spacial score (nSPS) is 10.3. The minimum atomic E-state index is -0.535. The van der Waals surface area contributed by atoms with Gasteiger partial charge < -0.3 is 10.2 Å². The van der Waals surface area contributed by atoms with Gasteiger partial charge in [0, 0.05) is 24.1 Å². The van der Waals surface area contributed by atoms with E-state index in [0.29, 0.717) is 10.0 Å². The lowest BCUT2D eigenvalue weighted by Crippen LogP contribution is -2.22. The van der Waals surface area contributed by atoms with Gasteiger partial charge in [-0.3, -0.25) is 9.59 Å². The van der Waals surface area contributed by atoms with Crippen LogP contribution < -0.4 is 5.32 Å². The lowest BCUT2D eigenvalue weighted by Gasteiger charge is -2.13. The molecule has 0 saturated carbocycles. The number of nitrogens with one attached hydrogen (secondary N) is 1. The molecule has 0 saturated heterocycles. The molecule has 120 valence electrons. The summed E-state index contributed by atoms with van der Waals surface area (Å²) in [7, 11) is 3.25. The van der Waals surface area contributed by atoms with Crippen LogP contribution in [-0.2, 0) is 0 Å². The van der Waals surface area contributed by atoms with Crippen molar-refractivity contribution in [1.82, 2.24) is 4.90 Å². The highest BCUT2D eigenvalue weighted by Gasteiger charge is 2.15. The van der Waals surface area contributed by atoms with Gasteiger partial charge in [-0.1, -0.05) is 11.6 Å². The highest BCUT2D eigenvalue weighted by molar-refractivity contribution is 9.10. The third-order valence-corrected chi connectivity index (χ3v) is 4.06. The second-order valence-corrected chi connectivity index (χ2v) is 6.23. The predicted octanol–water partition coefficient (Wildman–Crippen LogP) is 4.20. The molecular weight excluding hydrogens is 387 g/mol. The quantitative estimate of drug-likeness (QED) is 0.841. The number of carbonyl (C=O) groups excluding carboxylic acids is 2. The molecule has 2 aromatic carbocycles. The Morgan fingerprint density at radius 2 is 1.87 bits per heavy atom. The number of benzene rings is 2. The molecule has 0 aliphatic heterocycles. The lowest BCUT2D eigenvalue weighted by molar-refractivity contribution is 0.0827. The Labute approximate surface area is 146 Å². The van der Waals surface area contributed by atoms with E-state index in [-0.39, 0.29) is 22.2 Å². The summed E-state index contributed by atoms with van der Waals surface area (Å²) < 4.78 is 13.8. The summed E-state index contributed by atoms with van der Waals surface area (Å²) in [5.41, 5.74) is 0.791. The number of anilines is 1. The van der Waals surface area contributed by atoms with Gasteiger partial charge in [0.25, 0.3) is 11.8 Å². The van der Waals surface area contributed by atoms with Crippen molar-refractivity contribution in [3.05, 3.63) is 62.8 Å². The number of nitrogens with zero attached hydrogens (tertiary/aromatic N) is 1. The molecule has 0 bridgehead atoms. The van der Waals surface area contributed by atoms with Gasteiger partial charge in [-0.15, -0.1) is 0 Å². The summed E-state index contributed by atoms with van der Waals surface area (Å²) in [5, 5.41) is 2.87. The molecule has 0 atom stereocenters. The number of carbonyl (C=O) groups is 2. The summed E-state index contributed by atoms with van der Waals surface area (Å²) in [5.74, 6) is -1.28. The minimum Gasteiger partial charge on any atom is -0.345 e. The van der Waals surface area contributed by atoms with E-state index in [0.717, 1.165) is 6.07 Å². The molecular formula is C16H13BrClFN2O2. The fourth-order valence-corrected chi connectivity index (χ4v) is 2.46. The summed E-state index contributed by atoms with van der Waals surface area (Å²) in [6.45, 7) is 0. The van der Waals surface area contributed by atoms with Gasteiger partial charge in [-0.25, -0.2) is 4.39 Å². The Hall–Kier alpha value is -1.92. The number of halogens is 3. The molecule has 7 heteroatoms. The first-order valence-electron chi connectivity index (χ1n) is 6.57. The second kappa shape index (κ2) is 7.10. The van der Waals surface area contributed by atoms with Gasteiger partial charge in [0.2, 0.25) is 0 Å². The maximum absolute atomic E-state index is 13.3. The molecule has 0 unspecified atom stereocenters. The molecule has 23 heavy (non-hydrogen) atoms. The van der Waals surface area contributed by atoms with E-state index in [1.54, 1.807) is 20.2 Å². The highest BCUT2D eigenvalue weighted by Crippen LogP contribution is 2.26. The smallest absolute Gasteiger partial charge is 0.256 e. The van der Waals surface area contributed by atoms with Crippen LogP contribution in [0.4, 0.5) is 10.1 Å². The zero-order valence-corrected chi connectivity index (χ0v) is 14.7. The van der Waals surface area contributed by atoms with Gasteiger partial charge in [0.05, 0.1) is 16.3 Å². The largest absolute Gasteiger partial charge is 0.345 e. The molecule has 2 rings (SSSR count). The molecule has 0 aliphatic carbocycles. The van der Waals surface area contributed by atoms with Gasteiger partial charge in [-0.05, 0) is 52.3 Å². The van der Waals surface area contributed by atoms with Crippen LogP contribution in [0.25, 0.3) is 0 Å². The second-order valence-electron chi connectivity index (χ2n) is 4.97. The third kappa shape index (κ3) is 4.09. The molecule has 0 radical (unpaired) electrons. The zero-order valence-electron chi connectivity index (χ0n) is 12.4. The van der Waals surface area contributed by atoms with Crippen LogP contribution in [0, 0.1) is 5.82 Å². The zero-order chi connectivity index (χ0) is 17.1. The van der Waals surface area contributed by atoms with E-state index in [1.807, 2.05) is 0 Å². The van der Waals surface area contributed by atoms with Gasteiger partial charge in [-0.2, -0.15) is 0 Å². The summed E-state index contributed by atoms with van der Waals surface area (Å²) in [4.78, 5) is 25.7. The molecule has 0 heterocycles. The van der Waals surface area contributed by atoms with Crippen LogP contribution in [0.1, 0.15) is 20.7 Å². The lowest BCUT2D eigenvalue weighted by atomic mass is 10.1. The van der Waals surface area contributed by atoms with Crippen LogP contribution in [0.5, 0.6) is 0 Å². The first-order chi connectivity index (χ1) is 10.8. The number of hydrogen-bond acceptors (Lipinski definition) is 2. The molecule has 2 aromatic rings. The van der Waals surface area contributed by atoms with E-state index in [4.69, 9.17) is 11.6 Å². The highest BCUT2D eigenvalue weighted by atomic mass is 79.9. The molecule has 1 N–H and O–H groups in total. The first kappa shape index (κ1) is 17.4. The van der Waals surface area contributed by atoms with Crippen molar-refractivity contribution in [3.63, 3.8) is 0 Å². The van der Waals surface area contributed by atoms with Crippen molar-refractivity contribution in [3.8, 4) is 0 Å². The van der Waals surface area contributed by atoms with Gasteiger partial charge in [0.1, 0.15) is 5.82 Å². The fraction of sp³-hybridized carbons (Fsp3) is 0.125. The number of amides is 2. The van der Waals surface area contributed by atoms with Crippen molar-refractivity contribution < 1.29 is 14.0 Å². The van der Waals surface area contributed by atoms with E-state index < -0.39 is 11.7 Å². The number of rotatable bonds is 3. The van der Waals surface area contributed by atoms with Crippen molar-refractivity contribution in [2.75, 3.05) is 19.4 Å². The first-order valence-corrected chi connectivity index (χ1v) is 7.74. The summed E-state index contributed by atoms with van der Waals surface area (Å²) in [6.07, 6.45) is 0. The molecule has 0 aromatic heterocycles. The van der Waals surface area contributed by atoms with Crippen LogP contribution in [-0.4, -0.2) is 30.8 Å². The average molecular weight is 400 g/mol. The maximum atomic E-state index is 13.3. The molecule has 0 aliphatic rings. The van der Waals surface area contributed by atoms with Crippen molar-refractivity contribution in [1.29, 1.82) is 0 Å². The van der Waals surface area contributed by atoms with E-state index in [2.05, 4.69) is 21.2 Å². The van der Waals surface area contributed by atoms with E-state index in [1.165, 1.54) is 29.2 Å². The summed E-state index contributed by atoms with van der Waals surface area (Å²) in [6, 6.07) is 8.37. The van der Waals surface area contributed by atoms with Crippen LogP contribution in [0.2, 0.25) is 5.02 Å². The molecule has 2 amide bonds. The van der Waals surface area contributed by atoms with Gasteiger partial charge >= 0.3 is 0 Å². The van der Waals surface area contributed by atoms with E-state index >= 15 is 0 Å². The predicted molar refractivity (Wildman–Crippen MR) is 91.5 cm³/mol. The van der Waals surface area contributed by atoms with E-state index in [9.17, 15) is 14.0 Å².